The number of rotatable bonds is 7. The van der Waals surface area contributed by atoms with Gasteiger partial charge in [-0.05, 0) is 44.4 Å². The van der Waals surface area contributed by atoms with E-state index < -0.39 is 0 Å². The molecule has 1 aliphatic heterocycles. The highest BCUT2D eigenvalue weighted by Crippen LogP contribution is 2.38. The number of hydrogen-bond acceptors (Lipinski definition) is 6. The van der Waals surface area contributed by atoms with E-state index in [1.165, 1.54) is 5.56 Å². The number of hydrogen-bond donors (Lipinski definition) is 0. The minimum atomic E-state index is 0.230. The number of fused-ring (bicyclic) bond motifs is 1. The second kappa shape index (κ2) is 7.94. The molecule has 2 aromatic heterocycles. The van der Waals surface area contributed by atoms with E-state index in [2.05, 4.69) is 52.2 Å². The topological polar surface area (TPSA) is 49.2 Å². The monoisotopic (exact) mass is 401 g/mol. The quantitative estimate of drug-likeness (QED) is 0.519. The number of thioether (sulfide) groups is 1. The first-order valence-corrected chi connectivity index (χ1v) is 11.1. The zero-order chi connectivity index (χ0) is 18.8. The van der Waals surface area contributed by atoms with Crippen LogP contribution in [0, 0.1) is 0 Å². The van der Waals surface area contributed by atoms with Gasteiger partial charge >= 0.3 is 0 Å². The molecule has 0 saturated carbocycles. The molecule has 1 aliphatic rings. The van der Waals surface area contributed by atoms with Gasteiger partial charge in [-0.25, -0.2) is 0 Å². The molecule has 27 heavy (non-hydrogen) atoms. The van der Waals surface area contributed by atoms with Gasteiger partial charge in [0.15, 0.2) is 11.0 Å². The smallest absolute Gasteiger partial charge is 0.191 e. The Morgan fingerprint density at radius 2 is 2.22 bits per heavy atom. The van der Waals surface area contributed by atoms with Crippen molar-refractivity contribution >= 4 is 23.1 Å². The van der Waals surface area contributed by atoms with Crippen molar-refractivity contribution in [1.29, 1.82) is 0 Å². The van der Waals surface area contributed by atoms with Crippen LogP contribution in [-0.4, -0.2) is 27.5 Å². The van der Waals surface area contributed by atoms with Crippen molar-refractivity contribution in [2.75, 3.05) is 6.61 Å². The Balaban J connectivity index is 1.58. The molecule has 0 bridgehead atoms. The van der Waals surface area contributed by atoms with Crippen LogP contribution in [0.15, 0.2) is 34.8 Å². The van der Waals surface area contributed by atoms with Crippen molar-refractivity contribution in [2.45, 2.75) is 50.8 Å². The lowest BCUT2D eigenvalue weighted by molar-refractivity contribution is 0.254. The fourth-order valence-electron chi connectivity index (χ4n) is 3.30. The maximum Gasteiger partial charge on any atom is 0.191 e. The highest BCUT2D eigenvalue weighted by atomic mass is 32.2. The first-order chi connectivity index (χ1) is 13.2. The fraction of sp³-hybridized carbons (Fsp3) is 0.400. The molecule has 0 radical (unpaired) electrons. The summed E-state index contributed by atoms with van der Waals surface area (Å²) in [6.45, 7) is 7.74. The lowest BCUT2D eigenvalue weighted by Gasteiger charge is -2.12. The molecule has 0 aliphatic carbocycles. The van der Waals surface area contributed by atoms with Crippen LogP contribution >= 0.6 is 23.1 Å². The Kier molecular flexibility index (Phi) is 5.41. The summed E-state index contributed by atoms with van der Waals surface area (Å²) in [6, 6.07) is 8.40. The van der Waals surface area contributed by atoms with Crippen LogP contribution in [0.25, 0.3) is 10.7 Å². The zero-order valence-corrected chi connectivity index (χ0v) is 17.4. The van der Waals surface area contributed by atoms with Crippen molar-refractivity contribution in [3.63, 3.8) is 0 Å². The maximum atomic E-state index is 5.93. The molecule has 4 rings (SSSR count). The molecule has 1 aromatic carbocycles. The summed E-state index contributed by atoms with van der Waals surface area (Å²) in [5.41, 5.74) is 2.37. The van der Waals surface area contributed by atoms with E-state index in [4.69, 9.17) is 9.47 Å². The highest BCUT2D eigenvalue weighted by molar-refractivity contribution is 7.98. The second-order valence-corrected chi connectivity index (χ2v) is 8.34. The summed E-state index contributed by atoms with van der Waals surface area (Å²) in [5, 5.41) is 11.8. The van der Waals surface area contributed by atoms with E-state index in [1.54, 1.807) is 23.1 Å². The number of aromatic nitrogens is 3. The van der Waals surface area contributed by atoms with E-state index in [1.807, 2.05) is 13.0 Å². The van der Waals surface area contributed by atoms with Crippen LogP contribution in [0.3, 0.4) is 0 Å². The number of thiophene rings is 1. The molecule has 5 nitrogen and oxygen atoms in total. The molecule has 0 saturated heterocycles. The van der Waals surface area contributed by atoms with Crippen molar-refractivity contribution in [3.8, 4) is 22.2 Å². The molecule has 7 heteroatoms. The van der Waals surface area contributed by atoms with Crippen LogP contribution < -0.4 is 9.47 Å². The molecular formula is C20H23N3O2S2. The largest absolute Gasteiger partial charge is 0.494 e. The van der Waals surface area contributed by atoms with Crippen molar-refractivity contribution < 1.29 is 9.47 Å². The van der Waals surface area contributed by atoms with Gasteiger partial charge in [-0.1, -0.05) is 17.8 Å². The third-order valence-corrected chi connectivity index (χ3v) is 6.39. The van der Waals surface area contributed by atoms with E-state index in [-0.39, 0.29) is 6.10 Å². The fourth-order valence-corrected chi connectivity index (χ4v) is 4.99. The predicted octanol–water partition coefficient (Wildman–Crippen LogP) is 5.04. The third kappa shape index (κ3) is 3.71. The van der Waals surface area contributed by atoms with Gasteiger partial charge in [0.05, 0.1) is 11.5 Å². The minimum absolute atomic E-state index is 0.230. The Morgan fingerprint density at radius 3 is 2.96 bits per heavy atom. The summed E-state index contributed by atoms with van der Waals surface area (Å²) in [6.07, 6.45) is 1.17. The first-order valence-electron chi connectivity index (χ1n) is 9.24. The van der Waals surface area contributed by atoms with Gasteiger partial charge < -0.3 is 14.0 Å². The normalized spacial score (nSPS) is 15.6. The molecule has 0 unspecified atom stereocenters. The van der Waals surface area contributed by atoms with Gasteiger partial charge in [0.25, 0.3) is 0 Å². The molecule has 1 atom stereocenters. The Morgan fingerprint density at radius 1 is 1.33 bits per heavy atom. The molecule has 3 heterocycles. The lowest BCUT2D eigenvalue weighted by atomic mass is 10.1. The predicted molar refractivity (Wildman–Crippen MR) is 110 cm³/mol. The molecule has 0 amide bonds. The summed E-state index contributed by atoms with van der Waals surface area (Å²) < 4.78 is 14.0. The average Bonchev–Trinajstić information content (AvgIpc) is 3.38. The summed E-state index contributed by atoms with van der Waals surface area (Å²) in [7, 11) is 0. The number of ether oxygens (including phenoxy) is 2. The summed E-state index contributed by atoms with van der Waals surface area (Å²) in [5.74, 6) is 3.63. The maximum absolute atomic E-state index is 5.93. The van der Waals surface area contributed by atoms with Gasteiger partial charge in [0.1, 0.15) is 17.6 Å². The van der Waals surface area contributed by atoms with Crippen LogP contribution in [-0.2, 0) is 18.7 Å². The van der Waals surface area contributed by atoms with Crippen molar-refractivity contribution in [2.24, 2.45) is 0 Å². The lowest BCUT2D eigenvalue weighted by Crippen LogP contribution is -2.05. The highest BCUT2D eigenvalue weighted by Gasteiger charge is 2.22. The van der Waals surface area contributed by atoms with Crippen LogP contribution in [0.2, 0.25) is 0 Å². The molecular weight excluding hydrogens is 378 g/mol. The average molecular weight is 402 g/mol. The van der Waals surface area contributed by atoms with E-state index in [0.717, 1.165) is 51.6 Å². The Labute approximate surface area is 167 Å². The SMILES string of the molecule is CCOc1cc2c(cc1CSc1nnc(-c3cccs3)n1CC)O[C@H](C)C2. The van der Waals surface area contributed by atoms with Crippen LogP contribution in [0.4, 0.5) is 0 Å². The molecule has 0 fully saturated rings. The summed E-state index contributed by atoms with van der Waals surface area (Å²) >= 11 is 3.37. The number of benzene rings is 1. The van der Waals surface area contributed by atoms with Gasteiger partial charge in [0, 0.05) is 29.8 Å². The first kappa shape index (κ1) is 18.4. The van der Waals surface area contributed by atoms with E-state index >= 15 is 0 Å². The molecule has 0 N–H and O–H groups in total. The van der Waals surface area contributed by atoms with Gasteiger partial charge in [-0.2, -0.15) is 0 Å². The standard InChI is InChI=1S/C20H23N3O2S2/c1-4-23-19(18-7-6-8-26-18)21-22-20(23)27-12-15-11-17-14(9-13(3)25-17)10-16(15)24-5-2/h6-8,10-11,13H,4-5,9,12H2,1-3H3/t13-/m1/s1. The number of nitrogens with zero attached hydrogens (tertiary/aromatic N) is 3. The Hall–Kier alpha value is -1.99. The zero-order valence-electron chi connectivity index (χ0n) is 15.8. The molecule has 142 valence electrons. The van der Waals surface area contributed by atoms with Crippen LogP contribution in [0.1, 0.15) is 31.9 Å². The van der Waals surface area contributed by atoms with Crippen LogP contribution in [0.5, 0.6) is 11.5 Å². The van der Waals surface area contributed by atoms with Crippen molar-refractivity contribution in [3.05, 3.63) is 40.8 Å². The molecule has 3 aromatic rings. The second-order valence-electron chi connectivity index (χ2n) is 6.45. The molecule has 0 spiro atoms. The van der Waals surface area contributed by atoms with E-state index in [0.29, 0.717) is 6.61 Å². The Bertz CT molecular complexity index is 922. The van der Waals surface area contributed by atoms with Gasteiger partial charge in [0.2, 0.25) is 0 Å². The summed E-state index contributed by atoms with van der Waals surface area (Å²) in [4.78, 5) is 1.14. The van der Waals surface area contributed by atoms with E-state index in [9.17, 15) is 0 Å². The van der Waals surface area contributed by atoms with Crippen molar-refractivity contribution in [1.82, 2.24) is 14.8 Å². The third-order valence-electron chi connectivity index (χ3n) is 4.51. The minimum Gasteiger partial charge on any atom is -0.494 e. The van der Waals surface area contributed by atoms with Gasteiger partial charge in [-0.15, -0.1) is 21.5 Å². The van der Waals surface area contributed by atoms with Gasteiger partial charge in [-0.3, -0.25) is 0 Å².